The fourth-order valence-electron chi connectivity index (χ4n) is 3.26. The van der Waals surface area contributed by atoms with Gasteiger partial charge in [-0.15, -0.1) is 0 Å². The molecule has 0 aliphatic rings. The summed E-state index contributed by atoms with van der Waals surface area (Å²) < 4.78 is 9.19. The normalized spacial score (nSPS) is 11.6. The molecular formula is C25H20Br2ClN3O2. The minimum absolute atomic E-state index is 0.00427. The number of rotatable bonds is 6. The van der Waals surface area contributed by atoms with Gasteiger partial charge in [-0.3, -0.25) is 4.79 Å². The number of benzene rings is 3. The van der Waals surface area contributed by atoms with Gasteiger partial charge in [0.25, 0.3) is 5.56 Å². The first-order valence-corrected chi connectivity index (χ1v) is 12.2. The Bertz CT molecular complexity index is 1400. The lowest BCUT2D eigenvalue weighted by Crippen LogP contribution is -2.23. The lowest BCUT2D eigenvalue weighted by atomic mass is 10.2. The monoisotopic (exact) mass is 587 g/mol. The van der Waals surface area contributed by atoms with Crippen molar-refractivity contribution in [2.45, 2.75) is 26.4 Å². The van der Waals surface area contributed by atoms with Gasteiger partial charge >= 0.3 is 0 Å². The van der Waals surface area contributed by atoms with Gasteiger partial charge in [-0.25, -0.2) is 4.98 Å². The standard InChI is InChI=1S/C25H20Br2ClN3O2/c1-15(2)24-30-22-9-7-19(27)12-21(22)25(32)31(24)29-13-17-11-20(28)8-10-23(17)33-14-16-3-5-18(26)6-4-16/h3-13,15H,14H2,1-2H3. The van der Waals surface area contributed by atoms with Crippen LogP contribution < -0.4 is 10.3 Å². The number of aromatic nitrogens is 2. The second-order valence-corrected chi connectivity index (χ2v) is 10.0. The van der Waals surface area contributed by atoms with Gasteiger partial charge in [0.15, 0.2) is 0 Å². The third kappa shape index (κ3) is 5.54. The molecule has 0 unspecified atom stereocenters. The maximum Gasteiger partial charge on any atom is 0.282 e. The molecule has 0 bridgehead atoms. The summed E-state index contributed by atoms with van der Waals surface area (Å²) in [5, 5.41) is 5.54. The Kier molecular flexibility index (Phi) is 7.32. The highest BCUT2D eigenvalue weighted by Gasteiger charge is 2.14. The molecular weight excluding hydrogens is 570 g/mol. The van der Waals surface area contributed by atoms with Gasteiger partial charge in [-0.1, -0.05) is 69.4 Å². The number of ether oxygens (including phenoxy) is 1. The van der Waals surface area contributed by atoms with Crippen LogP contribution in [0.3, 0.4) is 0 Å². The highest BCUT2D eigenvalue weighted by Crippen LogP contribution is 2.24. The first-order valence-electron chi connectivity index (χ1n) is 10.2. The zero-order valence-corrected chi connectivity index (χ0v) is 21.9. The summed E-state index contributed by atoms with van der Waals surface area (Å²) >= 11 is 13.1. The van der Waals surface area contributed by atoms with Crippen LogP contribution in [0.15, 0.2) is 79.5 Å². The van der Waals surface area contributed by atoms with Crippen LogP contribution in [0.4, 0.5) is 0 Å². The molecule has 1 heterocycles. The largest absolute Gasteiger partial charge is 0.488 e. The van der Waals surface area contributed by atoms with Gasteiger partial charge in [0.1, 0.15) is 18.2 Å². The third-order valence-corrected chi connectivity index (χ3v) is 6.20. The lowest BCUT2D eigenvalue weighted by molar-refractivity contribution is 0.306. The molecule has 4 aromatic rings. The Balaban J connectivity index is 1.72. The number of hydrogen-bond acceptors (Lipinski definition) is 4. The molecule has 0 radical (unpaired) electrons. The zero-order valence-electron chi connectivity index (χ0n) is 17.9. The van der Waals surface area contributed by atoms with Crippen LogP contribution in [0.2, 0.25) is 5.02 Å². The predicted octanol–water partition coefficient (Wildman–Crippen LogP) is 7.16. The fraction of sp³-hybridized carbons (Fsp3) is 0.160. The molecule has 0 saturated heterocycles. The molecule has 0 saturated carbocycles. The number of halogens is 3. The summed E-state index contributed by atoms with van der Waals surface area (Å²) in [6.07, 6.45) is 1.58. The molecule has 1 aromatic heterocycles. The Morgan fingerprint density at radius 1 is 1.06 bits per heavy atom. The molecule has 3 aromatic carbocycles. The Morgan fingerprint density at radius 2 is 1.79 bits per heavy atom. The van der Waals surface area contributed by atoms with Gasteiger partial charge in [0.2, 0.25) is 0 Å². The minimum Gasteiger partial charge on any atom is -0.488 e. The topological polar surface area (TPSA) is 56.5 Å². The van der Waals surface area contributed by atoms with Crippen molar-refractivity contribution in [3.63, 3.8) is 0 Å². The molecule has 8 heteroatoms. The van der Waals surface area contributed by atoms with E-state index in [-0.39, 0.29) is 11.5 Å². The van der Waals surface area contributed by atoms with Crippen molar-refractivity contribution in [1.82, 2.24) is 9.66 Å². The summed E-state index contributed by atoms with van der Waals surface area (Å²) in [6.45, 7) is 4.34. The maximum absolute atomic E-state index is 13.2. The highest BCUT2D eigenvalue weighted by molar-refractivity contribution is 9.10. The molecule has 0 atom stereocenters. The van der Waals surface area contributed by atoms with Gasteiger partial charge in [0.05, 0.1) is 17.1 Å². The lowest BCUT2D eigenvalue weighted by Gasteiger charge is -2.13. The molecule has 0 fully saturated rings. The van der Waals surface area contributed by atoms with E-state index in [2.05, 4.69) is 41.9 Å². The van der Waals surface area contributed by atoms with E-state index in [4.69, 9.17) is 16.3 Å². The summed E-state index contributed by atoms with van der Waals surface area (Å²) in [5.41, 5.74) is 2.09. The van der Waals surface area contributed by atoms with Crippen molar-refractivity contribution < 1.29 is 4.74 Å². The zero-order chi connectivity index (χ0) is 23.5. The second-order valence-electron chi connectivity index (χ2n) is 7.74. The van der Waals surface area contributed by atoms with Crippen molar-refractivity contribution in [1.29, 1.82) is 0 Å². The van der Waals surface area contributed by atoms with E-state index in [1.807, 2.05) is 50.2 Å². The Hall–Kier alpha value is -2.48. The van der Waals surface area contributed by atoms with Crippen molar-refractivity contribution in [2.75, 3.05) is 0 Å². The molecule has 0 spiro atoms. The van der Waals surface area contributed by atoms with Crippen molar-refractivity contribution in [3.05, 3.63) is 102 Å². The van der Waals surface area contributed by atoms with E-state index in [9.17, 15) is 4.79 Å². The van der Waals surface area contributed by atoms with Crippen molar-refractivity contribution in [2.24, 2.45) is 5.10 Å². The smallest absolute Gasteiger partial charge is 0.282 e. The van der Waals surface area contributed by atoms with E-state index in [1.165, 1.54) is 4.68 Å². The molecule has 5 nitrogen and oxygen atoms in total. The van der Waals surface area contributed by atoms with Crippen LogP contribution in [0, 0.1) is 0 Å². The molecule has 33 heavy (non-hydrogen) atoms. The number of fused-ring (bicyclic) bond motifs is 1. The molecule has 0 aliphatic heterocycles. The SMILES string of the molecule is CC(C)c1nc2ccc(Br)cc2c(=O)n1N=Cc1cc(Cl)ccc1OCc1ccc(Br)cc1. The van der Waals surface area contributed by atoms with Crippen LogP contribution >= 0.6 is 43.5 Å². The maximum atomic E-state index is 13.2. The van der Waals surface area contributed by atoms with Crippen LogP contribution in [0.25, 0.3) is 10.9 Å². The molecule has 0 aliphatic carbocycles. The van der Waals surface area contributed by atoms with Gasteiger partial charge in [0, 0.05) is 25.4 Å². The van der Waals surface area contributed by atoms with Gasteiger partial charge in [-0.05, 0) is 54.1 Å². The van der Waals surface area contributed by atoms with Crippen LogP contribution in [0.1, 0.15) is 36.7 Å². The fourth-order valence-corrected chi connectivity index (χ4v) is 4.07. The molecule has 4 rings (SSSR count). The van der Waals surface area contributed by atoms with Crippen LogP contribution in [-0.4, -0.2) is 15.9 Å². The third-order valence-electron chi connectivity index (χ3n) is 4.94. The first-order chi connectivity index (χ1) is 15.8. The summed E-state index contributed by atoms with van der Waals surface area (Å²) in [6, 6.07) is 18.7. The van der Waals surface area contributed by atoms with E-state index >= 15 is 0 Å². The van der Waals surface area contributed by atoms with Crippen molar-refractivity contribution in [3.8, 4) is 5.75 Å². The van der Waals surface area contributed by atoms with Crippen molar-refractivity contribution >= 4 is 60.6 Å². The quantitative estimate of drug-likeness (QED) is 0.224. The summed E-state index contributed by atoms with van der Waals surface area (Å²) in [7, 11) is 0. The number of nitrogens with zero attached hydrogens (tertiary/aromatic N) is 3. The van der Waals surface area contributed by atoms with E-state index in [0.29, 0.717) is 39.7 Å². The van der Waals surface area contributed by atoms with E-state index in [0.717, 1.165) is 14.5 Å². The second kappa shape index (κ2) is 10.2. The van der Waals surface area contributed by atoms with Gasteiger partial charge < -0.3 is 4.74 Å². The van der Waals surface area contributed by atoms with E-state index in [1.54, 1.807) is 30.5 Å². The van der Waals surface area contributed by atoms with Crippen LogP contribution in [-0.2, 0) is 6.61 Å². The van der Waals surface area contributed by atoms with Crippen LogP contribution in [0.5, 0.6) is 5.75 Å². The first kappa shape index (κ1) is 23.7. The summed E-state index contributed by atoms with van der Waals surface area (Å²) in [5.74, 6) is 1.18. The predicted molar refractivity (Wildman–Crippen MR) is 141 cm³/mol. The molecule has 168 valence electrons. The average Bonchev–Trinajstić information content (AvgIpc) is 2.79. The molecule has 0 amide bonds. The Labute approximate surface area is 213 Å². The minimum atomic E-state index is -0.236. The average molecular weight is 590 g/mol. The number of hydrogen-bond donors (Lipinski definition) is 0. The highest BCUT2D eigenvalue weighted by atomic mass is 79.9. The Morgan fingerprint density at radius 3 is 2.52 bits per heavy atom. The molecule has 0 N–H and O–H groups in total. The van der Waals surface area contributed by atoms with Gasteiger partial charge in [-0.2, -0.15) is 9.78 Å². The van der Waals surface area contributed by atoms with E-state index < -0.39 is 0 Å². The summed E-state index contributed by atoms with van der Waals surface area (Å²) in [4.78, 5) is 17.9.